The lowest BCUT2D eigenvalue weighted by Crippen LogP contribution is -2.43. The Morgan fingerprint density at radius 3 is 2.34 bits per heavy atom. The first-order valence-electron chi connectivity index (χ1n) is 10.1. The first-order valence-corrected chi connectivity index (χ1v) is 11.5. The molecule has 7 heteroatoms. The van der Waals surface area contributed by atoms with Crippen LogP contribution in [0.15, 0.2) is 59.5 Å². The third-order valence-electron chi connectivity index (χ3n) is 5.21. The third-order valence-corrected chi connectivity index (χ3v) is 7.12. The van der Waals surface area contributed by atoms with Crippen LogP contribution in [0.25, 0.3) is 0 Å². The number of nitrogens with one attached hydrogen (secondary N) is 1. The van der Waals surface area contributed by atoms with E-state index in [-0.39, 0.29) is 11.8 Å². The Hall–Kier alpha value is -2.38. The molecule has 0 radical (unpaired) electrons. The summed E-state index contributed by atoms with van der Waals surface area (Å²) in [6.45, 7) is 3.58. The van der Waals surface area contributed by atoms with E-state index in [0.717, 1.165) is 17.7 Å². The number of carbonyl (C=O) groups excluding carboxylic acids is 1. The molecule has 6 nitrogen and oxygen atoms in total. The van der Waals surface area contributed by atoms with Crippen molar-refractivity contribution >= 4 is 15.9 Å². The summed E-state index contributed by atoms with van der Waals surface area (Å²) in [6.07, 6.45) is 1.92. The molecule has 0 saturated carbocycles. The Labute approximate surface area is 172 Å². The monoisotopic (exact) mass is 416 g/mol. The van der Waals surface area contributed by atoms with Crippen molar-refractivity contribution in [1.29, 1.82) is 0 Å². The fourth-order valence-corrected chi connectivity index (χ4v) is 4.88. The molecular formula is C22H28N2O4S. The second-order valence-corrected chi connectivity index (χ2v) is 9.07. The largest absolute Gasteiger partial charge is 0.492 e. The zero-order valence-corrected chi connectivity index (χ0v) is 17.5. The summed E-state index contributed by atoms with van der Waals surface area (Å²) in [4.78, 5) is 12.7. The van der Waals surface area contributed by atoms with Gasteiger partial charge in [-0.15, -0.1) is 0 Å². The van der Waals surface area contributed by atoms with Crippen molar-refractivity contribution in [2.24, 2.45) is 5.92 Å². The van der Waals surface area contributed by atoms with Crippen molar-refractivity contribution in [3.8, 4) is 5.75 Å². The standard InChI is InChI=1S/C22H28N2O4S/c1-2-18-8-10-21(11-9-18)29(26,27)24-15-12-19(13-16-24)22(25)23-14-17-28-20-6-4-3-5-7-20/h3-11,19H,2,12-17H2,1H3,(H,23,25). The summed E-state index contributed by atoms with van der Waals surface area (Å²) in [7, 11) is -3.51. The molecule has 0 spiro atoms. The summed E-state index contributed by atoms with van der Waals surface area (Å²) in [5.41, 5.74) is 1.11. The van der Waals surface area contributed by atoms with Crippen LogP contribution in [0.3, 0.4) is 0 Å². The molecule has 0 bridgehead atoms. The number of aryl methyl sites for hydroxylation is 1. The highest BCUT2D eigenvalue weighted by Gasteiger charge is 2.31. The molecule has 0 unspecified atom stereocenters. The van der Waals surface area contributed by atoms with Gasteiger partial charge in [-0.3, -0.25) is 4.79 Å². The van der Waals surface area contributed by atoms with Crippen LogP contribution in [-0.2, 0) is 21.2 Å². The van der Waals surface area contributed by atoms with E-state index < -0.39 is 10.0 Å². The summed E-state index contributed by atoms with van der Waals surface area (Å²) in [5.74, 6) is 0.568. The van der Waals surface area contributed by atoms with Crippen LogP contribution in [-0.4, -0.2) is 44.9 Å². The van der Waals surface area contributed by atoms with Crippen molar-refractivity contribution < 1.29 is 17.9 Å². The zero-order chi connectivity index (χ0) is 20.7. The van der Waals surface area contributed by atoms with Crippen molar-refractivity contribution in [2.45, 2.75) is 31.1 Å². The summed E-state index contributed by atoms with van der Waals surface area (Å²) < 4.78 is 32.7. The third kappa shape index (κ3) is 5.58. The van der Waals surface area contributed by atoms with Gasteiger partial charge in [0.2, 0.25) is 15.9 Å². The number of hydrogen-bond acceptors (Lipinski definition) is 4. The molecule has 0 atom stereocenters. The minimum atomic E-state index is -3.51. The van der Waals surface area contributed by atoms with Crippen LogP contribution in [0.2, 0.25) is 0 Å². The number of carbonyl (C=O) groups is 1. The molecule has 0 aromatic heterocycles. The van der Waals surface area contributed by atoms with Gasteiger partial charge in [-0.1, -0.05) is 37.3 Å². The van der Waals surface area contributed by atoms with E-state index in [2.05, 4.69) is 5.32 Å². The van der Waals surface area contributed by atoms with E-state index in [0.29, 0.717) is 44.0 Å². The van der Waals surface area contributed by atoms with Crippen molar-refractivity contribution in [3.63, 3.8) is 0 Å². The van der Waals surface area contributed by atoms with Gasteiger partial charge in [0.15, 0.2) is 0 Å². The van der Waals surface area contributed by atoms with Crippen LogP contribution in [0, 0.1) is 5.92 Å². The number of para-hydroxylation sites is 1. The Bertz CT molecular complexity index is 890. The van der Waals surface area contributed by atoms with E-state index >= 15 is 0 Å². The normalized spacial score (nSPS) is 15.8. The van der Waals surface area contributed by atoms with Gasteiger partial charge in [0, 0.05) is 19.0 Å². The molecule has 2 aromatic rings. The number of nitrogens with zero attached hydrogens (tertiary/aromatic N) is 1. The maximum Gasteiger partial charge on any atom is 0.243 e. The van der Waals surface area contributed by atoms with Gasteiger partial charge in [-0.2, -0.15) is 4.31 Å². The van der Waals surface area contributed by atoms with Gasteiger partial charge in [0.05, 0.1) is 11.4 Å². The lowest BCUT2D eigenvalue weighted by molar-refractivity contribution is -0.126. The number of benzene rings is 2. The minimum Gasteiger partial charge on any atom is -0.492 e. The van der Waals surface area contributed by atoms with Crippen LogP contribution < -0.4 is 10.1 Å². The van der Waals surface area contributed by atoms with Gasteiger partial charge >= 0.3 is 0 Å². The van der Waals surface area contributed by atoms with Crippen molar-refractivity contribution in [3.05, 3.63) is 60.2 Å². The maximum atomic E-state index is 12.8. The molecule has 1 amide bonds. The first kappa shape index (κ1) is 21.3. The minimum absolute atomic E-state index is 0.0361. The topological polar surface area (TPSA) is 75.7 Å². The first-order chi connectivity index (χ1) is 14.0. The Morgan fingerprint density at radius 2 is 1.72 bits per heavy atom. The quantitative estimate of drug-likeness (QED) is 0.672. The number of sulfonamides is 1. The molecule has 29 heavy (non-hydrogen) atoms. The van der Waals surface area contributed by atoms with Gasteiger partial charge in [-0.05, 0) is 49.1 Å². The van der Waals surface area contributed by atoms with Gasteiger partial charge in [0.25, 0.3) is 0 Å². The summed E-state index contributed by atoms with van der Waals surface area (Å²) in [6, 6.07) is 16.5. The average molecular weight is 417 g/mol. The molecule has 156 valence electrons. The van der Waals surface area contributed by atoms with Crippen LogP contribution in [0.4, 0.5) is 0 Å². The molecule has 1 aliphatic rings. The fraction of sp³-hybridized carbons (Fsp3) is 0.409. The lowest BCUT2D eigenvalue weighted by atomic mass is 9.97. The smallest absolute Gasteiger partial charge is 0.243 e. The van der Waals surface area contributed by atoms with Gasteiger partial charge in [0.1, 0.15) is 12.4 Å². The molecular weight excluding hydrogens is 388 g/mol. The van der Waals surface area contributed by atoms with E-state index in [4.69, 9.17) is 4.74 Å². The van der Waals surface area contributed by atoms with E-state index in [1.54, 1.807) is 12.1 Å². The predicted molar refractivity (Wildman–Crippen MR) is 112 cm³/mol. The molecule has 2 aromatic carbocycles. The van der Waals surface area contributed by atoms with Crippen molar-refractivity contribution in [2.75, 3.05) is 26.2 Å². The number of ether oxygens (including phenoxy) is 1. The SMILES string of the molecule is CCc1ccc(S(=O)(=O)N2CCC(C(=O)NCCOc3ccccc3)CC2)cc1. The maximum absolute atomic E-state index is 12.8. The number of piperidine rings is 1. The molecule has 1 saturated heterocycles. The number of amides is 1. The van der Waals surface area contributed by atoms with E-state index in [9.17, 15) is 13.2 Å². The summed E-state index contributed by atoms with van der Waals surface area (Å²) in [5, 5.41) is 2.89. The molecule has 1 N–H and O–H groups in total. The van der Waals surface area contributed by atoms with Gasteiger partial charge < -0.3 is 10.1 Å². The fourth-order valence-electron chi connectivity index (χ4n) is 3.41. The number of rotatable bonds is 8. The molecule has 3 rings (SSSR count). The second kappa shape index (κ2) is 9.89. The van der Waals surface area contributed by atoms with Crippen molar-refractivity contribution in [1.82, 2.24) is 9.62 Å². The highest BCUT2D eigenvalue weighted by molar-refractivity contribution is 7.89. The lowest BCUT2D eigenvalue weighted by Gasteiger charge is -2.30. The summed E-state index contributed by atoms with van der Waals surface area (Å²) >= 11 is 0. The predicted octanol–water partition coefficient (Wildman–Crippen LogP) is 2.84. The Balaban J connectivity index is 1.44. The van der Waals surface area contributed by atoms with Crippen LogP contribution in [0.1, 0.15) is 25.3 Å². The highest BCUT2D eigenvalue weighted by Crippen LogP contribution is 2.24. The average Bonchev–Trinajstić information content (AvgIpc) is 2.77. The van der Waals surface area contributed by atoms with Gasteiger partial charge in [-0.25, -0.2) is 8.42 Å². The zero-order valence-electron chi connectivity index (χ0n) is 16.7. The second-order valence-electron chi connectivity index (χ2n) is 7.13. The molecule has 1 aliphatic heterocycles. The van der Waals surface area contributed by atoms with Crippen LogP contribution >= 0.6 is 0 Å². The molecule has 0 aliphatic carbocycles. The Kier molecular flexibility index (Phi) is 7.28. The van der Waals surface area contributed by atoms with E-state index in [1.807, 2.05) is 49.4 Å². The number of hydrogen-bond donors (Lipinski definition) is 1. The van der Waals surface area contributed by atoms with Crippen LogP contribution in [0.5, 0.6) is 5.75 Å². The molecule has 1 heterocycles. The highest BCUT2D eigenvalue weighted by atomic mass is 32.2. The molecule has 1 fully saturated rings. The Morgan fingerprint density at radius 1 is 1.07 bits per heavy atom. The van der Waals surface area contributed by atoms with E-state index in [1.165, 1.54) is 4.31 Å².